The number of carbonyl (C=O) groups is 1. The smallest absolute Gasteiger partial charge is 0.231 e. The summed E-state index contributed by atoms with van der Waals surface area (Å²) in [7, 11) is -1.67. The molecule has 0 aliphatic carbocycles. The molecule has 0 atom stereocenters. The first kappa shape index (κ1) is 19.0. The summed E-state index contributed by atoms with van der Waals surface area (Å²) in [6.45, 7) is 3.85. The molecule has 2 rings (SSSR count). The monoisotopic (exact) mass is 361 g/mol. The summed E-state index contributed by atoms with van der Waals surface area (Å²) in [6.07, 6.45) is 1.40. The Kier molecular flexibility index (Phi) is 5.85. The molecule has 0 aromatic heterocycles. The van der Waals surface area contributed by atoms with E-state index in [9.17, 15) is 13.2 Å². The van der Waals surface area contributed by atoms with E-state index in [-0.39, 0.29) is 23.3 Å². The Morgan fingerprint density at radius 3 is 2.28 bits per heavy atom. The van der Waals surface area contributed by atoms with Crippen LogP contribution in [0.25, 0.3) is 0 Å². The third kappa shape index (κ3) is 4.82. The molecule has 2 aromatic carbocycles. The maximum absolute atomic E-state index is 12.8. The topological polar surface area (TPSA) is 63.7 Å². The molecule has 0 N–H and O–H groups in total. The zero-order valence-electron chi connectivity index (χ0n) is 14.9. The van der Waals surface area contributed by atoms with E-state index in [4.69, 9.17) is 4.74 Å². The van der Waals surface area contributed by atoms with E-state index >= 15 is 0 Å². The number of rotatable bonds is 6. The van der Waals surface area contributed by atoms with Crippen molar-refractivity contribution in [3.05, 3.63) is 54.1 Å². The molecular weight excluding hydrogens is 338 g/mol. The van der Waals surface area contributed by atoms with Gasteiger partial charge in [-0.25, -0.2) is 8.42 Å². The van der Waals surface area contributed by atoms with Gasteiger partial charge in [0.1, 0.15) is 5.75 Å². The van der Waals surface area contributed by atoms with Gasteiger partial charge < -0.3 is 9.64 Å². The van der Waals surface area contributed by atoms with Crippen LogP contribution in [0.1, 0.15) is 19.4 Å². The van der Waals surface area contributed by atoms with Crippen LogP contribution in [0.2, 0.25) is 0 Å². The van der Waals surface area contributed by atoms with E-state index in [0.717, 1.165) is 11.8 Å². The molecule has 1 amide bonds. The third-order valence-electron chi connectivity index (χ3n) is 3.82. The number of hydrogen-bond donors (Lipinski definition) is 0. The highest BCUT2D eigenvalue weighted by Gasteiger charge is 2.20. The predicted molar refractivity (Wildman–Crippen MR) is 98.9 cm³/mol. The van der Waals surface area contributed by atoms with Crippen molar-refractivity contribution in [2.45, 2.75) is 31.2 Å². The van der Waals surface area contributed by atoms with Gasteiger partial charge in [0.2, 0.25) is 5.91 Å². The second kappa shape index (κ2) is 7.70. The van der Waals surface area contributed by atoms with Gasteiger partial charge in [0.15, 0.2) is 9.84 Å². The van der Waals surface area contributed by atoms with Gasteiger partial charge in [-0.1, -0.05) is 12.1 Å². The molecule has 0 aliphatic rings. The largest absolute Gasteiger partial charge is 0.497 e. The predicted octanol–water partition coefficient (Wildman–Crippen LogP) is 3.08. The van der Waals surface area contributed by atoms with Crippen molar-refractivity contribution in [1.29, 1.82) is 0 Å². The van der Waals surface area contributed by atoms with E-state index in [0.29, 0.717) is 11.4 Å². The number of hydrogen-bond acceptors (Lipinski definition) is 4. The zero-order valence-corrected chi connectivity index (χ0v) is 15.7. The fourth-order valence-electron chi connectivity index (χ4n) is 2.63. The van der Waals surface area contributed by atoms with Crippen LogP contribution in [0.5, 0.6) is 5.75 Å². The molecule has 2 aromatic rings. The first-order chi connectivity index (χ1) is 11.7. The number of sulfone groups is 1. The number of carbonyl (C=O) groups excluding carboxylic acids is 1. The van der Waals surface area contributed by atoms with Crippen LogP contribution in [-0.4, -0.2) is 33.7 Å². The number of ether oxygens (including phenoxy) is 1. The van der Waals surface area contributed by atoms with Crippen molar-refractivity contribution < 1.29 is 17.9 Å². The highest BCUT2D eigenvalue weighted by Crippen LogP contribution is 2.22. The molecule has 0 bridgehead atoms. The number of nitrogens with zero attached hydrogens (tertiary/aromatic N) is 1. The Morgan fingerprint density at radius 1 is 1.12 bits per heavy atom. The second-order valence-electron chi connectivity index (χ2n) is 6.15. The summed E-state index contributed by atoms with van der Waals surface area (Å²) in [6, 6.07) is 13.7. The first-order valence-corrected chi connectivity index (χ1v) is 9.86. The minimum Gasteiger partial charge on any atom is -0.497 e. The van der Waals surface area contributed by atoms with Crippen LogP contribution in [0.15, 0.2) is 53.4 Å². The van der Waals surface area contributed by atoms with Crippen LogP contribution >= 0.6 is 0 Å². The molecule has 5 nitrogen and oxygen atoms in total. The van der Waals surface area contributed by atoms with Crippen molar-refractivity contribution in [1.82, 2.24) is 0 Å². The van der Waals surface area contributed by atoms with Crippen LogP contribution in [0.3, 0.4) is 0 Å². The second-order valence-corrected chi connectivity index (χ2v) is 8.17. The molecule has 0 saturated heterocycles. The normalized spacial score (nSPS) is 11.4. The van der Waals surface area contributed by atoms with Crippen LogP contribution in [-0.2, 0) is 21.1 Å². The van der Waals surface area contributed by atoms with Gasteiger partial charge in [-0.2, -0.15) is 0 Å². The molecule has 0 heterocycles. The van der Waals surface area contributed by atoms with Gasteiger partial charge in [0, 0.05) is 18.0 Å². The van der Waals surface area contributed by atoms with E-state index in [1.807, 2.05) is 38.1 Å². The summed E-state index contributed by atoms with van der Waals surface area (Å²) in [4.78, 5) is 14.7. The molecule has 0 unspecified atom stereocenters. The minimum absolute atomic E-state index is 0.0535. The van der Waals surface area contributed by atoms with Crippen LogP contribution in [0.4, 0.5) is 5.69 Å². The standard InChI is InChI=1S/C19H23NO4S/c1-14(2)20(16-8-10-18(11-9-16)25(4,22)23)19(21)13-15-6-5-7-17(12-15)24-3/h5-12,14H,13H2,1-4H3. The molecule has 134 valence electrons. The fourth-order valence-corrected chi connectivity index (χ4v) is 3.26. The molecule has 0 spiro atoms. The lowest BCUT2D eigenvalue weighted by Gasteiger charge is -2.27. The lowest BCUT2D eigenvalue weighted by Crippen LogP contribution is -2.38. The first-order valence-electron chi connectivity index (χ1n) is 7.97. The van der Waals surface area contributed by atoms with Crippen LogP contribution in [0, 0.1) is 0 Å². The molecule has 0 aliphatic heterocycles. The lowest BCUT2D eigenvalue weighted by molar-refractivity contribution is -0.118. The van der Waals surface area contributed by atoms with Gasteiger partial charge in [-0.15, -0.1) is 0 Å². The quantitative estimate of drug-likeness (QED) is 0.793. The Balaban J connectivity index is 2.26. The van der Waals surface area contributed by atoms with Gasteiger partial charge in [-0.05, 0) is 55.8 Å². The molecule has 25 heavy (non-hydrogen) atoms. The van der Waals surface area contributed by atoms with Crippen molar-refractivity contribution >= 4 is 21.4 Å². The summed E-state index contributed by atoms with van der Waals surface area (Å²) in [5.41, 5.74) is 1.54. The average Bonchev–Trinajstić information content (AvgIpc) is 2.54. The van der Waals surface area contributed by atoms with E-state index in [1.165, 1.54) is 12.1 Å². The van der Waals surface area contributed by atoms with Crippen molar-refractivity contribution in [2.75, 3.05) is 18.3 Å². The number of methoxy groups -OCH3 is 1. The Morgan fingerprint density at radius 2 is 1.76 bits per heavy atom. The molecule has 0 saturated carbocycles. The van der Waals surface area contributed by atoms with Crippen molar-refractivity contribution in [3.8, 4) is 5.75 Å². The van der Waals surface area contributed by atoms with E-state index in [2.05, 4.69) is 0 Å². The summed E-state index contributed by atoms with van der Waals surface area (Å²) >= 11 is 0. The molecular formula is C19H23NO4S. The Hall–Kier alpha value is -2.34. The van der Waals surface area contributed by atoms with E-state index < -0.39 is 9.84 Å². The molecule has 6 heteroatoms. The SMILES string of the molecule is COc1cccc(CC(=O)N(c2ccc(S(C)(=O)=O)cc2)C(C)C)c1. The maximum Gasteiger partial charge on any atom is 0.231 e. The Labute approximate surface area is 149 Å². The van der Waals surface area contributed by atoms with Gasteiger partial charge in [0.05, 0.1) is 18.4 Å². The Bertz CT molecular complexity index is 842. The zero-order chi connectivity index (χ0) is 18.6. The highest BCUT2D eigenvalue weighted by atomic mass is 32.2. The lowest BCUT2D eigenvalue weighted by atomic mass is 10.1. The van der Waals surface area contributed by atoms with Crippen molar-refractivity contribution in [2.24, 2.45) is 0 Å². The van der Waals surface area contributed by atoms with Gasteiger partial charge in [-0.3, -0.25) is 4.79 Å². The highest BCUT2D eigenvalue weighted by molar-refractivity contribution is 7.90. The van der Waals surface area contributed by atoms with Crippen molar-refractivity contribution in [3.63, 3.8) is 0 Å². The summed E-state index contributed by atoms with van der Waals surface area (Å²) in [5, 5.41) is 0. The molecule has 0 fully saturated rings. The number of anilines is 1. The van der Waals surface area contributed by atoms with E-state index in [1.54, 1.807) is 24.1 Å². The third-order valence-corrected chi connectivity index (χ3v) is 4.95. The van der Waals surface area contributed by atoms with Gasteiger partial charge >= 0.3 is 0 Å². The summed E-state index contributed by atoms with van der Waals surface area (Å²) < 4.78 is 28.4. The number of amides is 1. The molecule has 0 radical (unpaired) electrons. The van der Waals surface area contributed by atoms with Crippen LogP contribution < -0.4 is 9.64 Å². The van der Waals surface area contributed by atoms with Gasteiger partial charge in [0.25, 0.3) is 0 Å². The average molecular weight is 361 g/mol. The maximum atomic E-state index is 12.8. The summed E-state index contributed by atoms with van der Waals surface area (Å²) in [5.74, 6) is 0.647. The number of benzene rings is 2. The minimum atomic E-state index is -3.26. The fraction of sp³-hybridized carbons (Fsp3) is 0.316.